The Morgan fingerprint density at radius 2 is 1.48 bits per heavy atom. The number of nitrogens with one attached hydrogen (secondary N) is 1. The molecular weight excluding hydrogens is 314 g/mol. The predicted molar refractivity (Wildman–Crippen MR) is 75.9 cm³/mol. The maximum absolute atomic E-state index is 9.77. The SMILES string of the molecule is CNCC(O)c1ccc(O)c(O)c1.O=C(O)[C@H](O)[C@@H](O)C(=O)O. The zero-order valence-corrected chi connectivity index (χ0v) is 12.1. The van der Waals surface area contributed by atoms with Crippen LogP contribution in [-0.2, 0) is 9.59 Å². The summed E-state index contributed by atoms with van der Waals surface area (Å²) in [6.07, 6.45) is -5.20. The second-order valence-electron chi connectivity index (χ2n) is 4.39. The largest absolute Gasteiger partial charge is 0.504 e. The molecule has 0 aliphatic rings. The van der Waals surface area contributed by atoms with Crippen LogP contribution in [0.2, 0.25) is 0 Å². The van der Waals surface area contributed by atoms with E-state index in [0.717, 1.165) is 0 Å². The fourth-order valence-corrected chi connectivity index (χ4v) is 1.33. The lowest BCUT2D eigenvalue weighted by atomic mass is 10.1. The van der Waals surface area contributed by atoms with E-state index in [9.17, 15) is 14.7 Å². The highest BCUT2D eigenvalue weighted by atomic mass is 16.4. The standard InChI is InChI=1S/C9H13NO3.C4H6O6/c1-10-5-9(13)6-2-3-7(11)8(12)4-6;5-1(3(7)8)2(6)4(9)10/h2-4,9-13H,5H2,1H3;1-2,5-6H,(H,7,8)(H,9,10)/t;1-,2-/m.1/s1. The number of hydrogen-bond donors (Lipinski definition) is 8. The van der Waals surface area contributed by atoms with Gasteiger partial charge in [-0.15, -0.1) is 0 Å². The molecule has 0 aromatic heterocycles. The Morgan fingerprint density at radius 1 is 1.00 bits per heavy atom. The van der Waals surface area contributed by atoms with Crippen molar-refractivity contribution in [3.63, 3.8) is 0 Å². The molecule has 0 fully saturated rings. The number of hydrogen-bond acceptors (Lipinski definition) is 8. The second kappa shape index (κ2) is 9.58. The summed E-state index contributed by atoms with van der Waals surface area (Å²) in [5.74, 6) is -3.93. The van der Waals surface area contributed by atoms with Crippen LogP contribution < -0.4 is 5.32 Å². The monoisotopic (exact) mass is 333 g/mol. The molecule has 0 bridgehead atoms. The molecule has 0 saturated heterocycles. The van der Waals surface area contributed by atoms with Gasteiger partial charge in [0.2, 0.25) is 0 Å². The minimum Gasteiger partial charge on any atom is -0.504 e. The lowest BCUT2D eigenvalue weighted by Gasteiger charge is -2.10. The molecule has 1 rings (SSSR count). The van der Waals surface area contributed by atoms with Crippen molar-refractivity contribution in [3.8, 4) is 11.5 Å². The molecule has 0 radical (unpaired) electrons. The highest BCUT2D eigenvalue weighted by Gasteiger charge is 2.29. The number of benzene rings is 1. The smallest absolute Gasteiger partial charge is 0.335 e. The normalized spacial score (nSPS) is 14.1. The van der Waals surface area contributed by atoms with Crippen molar-refractivity contribution in [2.45, 2.75) is 18.3 Å². The van der Waals surface area contributed by atoms with E-state index in [0.29, 0.717) is 12.1 Å². The number of aliphatic carboxylic acids is 2. The Bertz CT molecular complexity index is 516. The molecule has 1 aromatic rings. The summed E-state index contributed by atoms with van der Waals surface area (Å²) in [7, 11) is 1.73. The fraction of sp³-hybridized carbons (Fsp3) is 0.385. The zero-order valence-electron chi connectivity index (χ0n) is 12.1. The first-order chi connectivity index (χ1) is 10.6. The van der Waals surface area contributed by atoms with Crippen LogP contribution in [0.4, 0.5) is 0 Å². The number of rotatable bonds is 6. The summed E-state index contributed by atoms with van der Waals surface area (Å²) in [5.41, 5.74) is 0.574. The average molecular weight is 333 g/mol. The highest BCUT2D eigenvalue weighted by Crippen LogP contribution is 2.27. The molecule has 10 heteroatoms. The number of carboxylic acid groups (broad SMARTS) is 2. The number of aliphatic hydroxyl groups excluding tert-OH is 3. The number of likely N-dealkylation sites (N-methyl/N-ethyl adjacent to an activating group) is 1. The number of phenolic OH excluding ortho intramolecular Hbond substituents is 2. The van der Waals surface area contributed by atoms with E-state index in [1.807, 2.05) is 0 Å². The number of aromatic hydroxyl groups is 2. The minimum absolute atomic E-state index is 0.180. The van der Waals surface area contributed by atoms with E-state index in [2.05, 4.69) is 5.32 Å². The molecule has 0 aliphatic carbocycles. The van der Waals surface area contributed by atoms with E-state index in [4.69, 9.17) is 30.6 Å². The second-order valence-corrected chi connectivity index (χ2v) is 4.39. The summed E-state index contributed by atoms with van der Waals surface area (Å²) < 4.78 is 0. The van der Waals surface area contributed by atoms with Crippen LogP contribution in [0.3, 0.4) is 0 Å². The zero-order chi connectivity index (χ0) is 18.2. The Kier molecular flexibility index (Phi) is 8.58. The molecular formula is C13H19NO9. The number of aliphatic hydroxyl groups is 3. The molecule has 0 aliphatic heterocycles. The summed E-state index contributed by atoms with van der Waals surface area (Å²) in [6.45, 7) is 0.407. The number of carbonyl (C=O) groups is 2. The lowest BCUT2D eigenvalue weighted by Crippen LogP contribution is -2.39. The summed E-state index contributed by atoms with van der Waals surface area (Å²) in [5, 5.41) is 63.0. The summed E-state index contributed by atoms with van der Waals surface area (Å²) in [6, 6.07) is 4.26. The van der Waals surface area contributed by atoms with Gasteiger partial charge in [0.25, 0.3) is 0 Å². The quantitative estimate of drug-likeness (QED) is 0.277. The number of phenols is 2. The third-order valence-electron chi connectivity index (χ3n) is 2.59. The van der Waals surface area contributed by atoms with Crippen molar-refractivity contribution in [2.75, 3.05) is 13.6 Å². The molecule has 23 heavy (non-hydrogen) atoms. The van der Waals surface area contributed by atoms with Crippen LogP contribution in [0, 0.1) is 0 Å². The van der Waals surface area contributed by atoms with Gasteiger partial charge in [-0.3, -0.25) is 0 Å². The third-order valence-corrected chi connectivity index (χ3v) is 2.59. The molecule has 0 amide bonds. The van der Waals surface area contributed by atoms with E-state index in [-0.39, 0.29) is 11.5 Å². The van der Waals surface area contributed by atoms with Gasteiger partial charge in [-0.2, -0.15) is 0 Å². The van der Waals surface area contributed by atoms with E-state index < -0.39 is 30.3 Å². The summed E-state index contributed by atoms with van der Waals surface area (Å²) >= 11 is 0. The molecule has 1 unspecified atom stereocenters. The Balaban J connectivity index is 0.000000438. The molecule has 0 heterocycles. The maximum atomic E-state index is 9.77. The van der Waals surface area contributed by atoms with Crippen molar-refractivity contribution >= 4 is 11.9 Å². The van der Waals surface area contributed by atoms with E-state index >= 15 is 0 Å². The predicted octanol–water partition coefficient (Wildman–Crippen LogP) is -1.77. The molecule has 3 atom stereocenters. The maximum Gasteiger partial charge on any atom is 0.335 e. The van der Waals surface area contributed by atoms with Gasteiger partial charge in [-0.05, 0) is 24.7 Å². The molecule has 1 aromatic carbocycles. The summed E-state index contributed by atoms with van der Waals surface area (Å²) in [4.78, 5) is 19.5. The first-order valence-corrected chi connectivity index (χ1v) is 6.28. The minimum atomic E-state index is -2.27. The molecule has 10 nitrogen and oxygen atoms in total. The van der Waals surface area contributed by atoms with Crippen molar-refractivity contribution in [2.24, 2.45) is 0 Å². The first kappa shape index (κ1) is 20.6. The van der Waals surface area contributed by atoms with Crippen molar-refractivity contribution < 1.29 is 45.3 Å². The van der Waals surface area contributed by atoms with Crippen LogP contribution in [0.5, 0.6) is 11.5 Å². The van der Waals surface area contributed by atoms with Crippen molar-refractivity contribution in [1.29, 1.82) is 0 Å². The van der Waals surface area contributed by atoms with Crippen LogP contribution in [0.25, 0.3) is 0 Å². The molecule has 0 saturated carbocycles. The van der Waals surface area contributed by atoms with Gasteiger partial charge < -0.3 is 41.1 Å². The lowest BCUT2D eigenvalue weighted by molar-refractivity contribution is -0.165. The topological polar surface area (TPSA) is 188 Å². The van der Waals surface area contributed by atoms with Gasteiger partial charge in [0.1, 0.15) is 0 Å². The third kappa shape index (κ3) is 6.93. The van der Waals surface area contributed by atoms with Gasteiger partial charge in [-0.25, -0.2) is 9.59 Å². The van der Waals surface area contributed by atoms with Crippen molar-refractivity contribution in [1.82, 2.24) is 5.32 Å². The van der Waals surface area contributed by atoms with Gasteiger partial charge in [0.15, 0.2) is 23.7 Å². The Morgan fingerprint density at radius 3 is 1.83 bits per heavy atom. The van der Waals surface area contributed by atoms with Gasteiger partial charge >= 0.3 is 11.9 Å². The van der Waals surface area contributed by atoms with Gasteiger partial charge in [-0.1, -0.05) is 6.07 Å². The van der Waals surface area contributed by atoms with Crippen LogP contribution in [0.15, 0.2) is 18.2 Å². The van der Waals surface area contributed by atoms with Crippen LogP contribution in [-0.4, -0.2) is 73.5 Å². The molecule has 0 spiro atoms. The Labute approximate surface area is 130 Å². The average Bonchev–Trinajstić information content (AvgIpc) is 2.49. The van der Waals surface area contributed by atoms with Crippen LogP contribution in [0.1, 0.15) is 11.7 Å². The first-order valence-electron chi connectivity index (χ1n) is 6.28. The van der Waals surface area contributed by atoms with E-state index in [1.54, 1.807) is 13.1 Å². The molecule has 130 valence electrons. The fourth-order valence-electron chi connectivity index (χ4n) is 1.33. The molecule has 8 N–H and O–H groups in total. The Hall–Kier alpha value is -2.40. The van der Waals surface area contributed by atoms with Gasteiger partial charge in [0, 0.05) is 6.54 Å². The van der Waals surface area contributed by atoms with Crippen LogP contribution >= 0.6 is 0 Å². The highest BCUT2D eigenvalue weighted by molar-refractivity contribution is 5.83. The van der Waals surface area contributed by atoms with Crippen molar-refractivity contribution in [3.05, 3.63) is 23.8 Å². The number of carboxylic acids is 2. The van der Waals surface area contributed by atoms with E-state index in [1.165, 1.54) is 12.1 Å². The van der Waals surface area contributed by atoms with Gasteiger partial charge in [0.05, 0.1) is 6.10 Å².